The SMILES string of the molecule is COc1ccc(N2C(=S)N[C@@H](c3ccccn3)[C@@H]2c2ccn(C3CCCCC3)c2)cc1NC(C)=O. The monoisotopic (exact) mass is 489 g/mol. The van der Waals surface area contributed by atoms with E-state index >= 15 is 0 Å². The number of pyridine rings is 1. The zero-order valence-corrected chi connectivity index (χ0v) is 20.9. The predicted molar refractivity (Wildman–Crippen MR) is 142 cm³/mol. The summed E-state index contributed by atoms with van der Waals surface area (Å²) in [6.45, 7) is 1.49. The molecule has 2 aromatic heterocycles. The second kappa shape index (κ2) is 10.1. The van der Waals surface area contributed by atoms with Crippen molar-refractivity contribution >= 4 is 34.6 Å². The molecule has 2 N–H and O–H groups in total. The fourth-order valence-corrected chi connectivity index (χ4v) is 5.66. The van der Waals surface area contributed by atoms with Gasteiger partial charge in [0.15, 0.2) is 5.11 Å². The number of nitrogens with zero attached hydrogens (tertiary/aromatic N) is 3. The molecular formula is C27H31N5O2S. The summed E-state index contributed by atoms with van der Waals surface area (Å²) < 4.78 is 7.84. The molecule has 1 saturated carbocycles. The van der Waals surface area contributed by atoms with Crippen LogP contribution in [0.2, 0.25) is 0 Å². The Morgan fingerprint density at radius 2 is 2.00 bits per heavy atom. The van der Waals surface area contributed by atoms with E-state index in [1.54, 1.807) is 7.11 Å². The van der Waals surface area contributed by atoms with Gasteiger partial charge in [0.2, 0.25) is 5.91 Å². The Morgan fingerprint density at radius 3 is 2.71 bits per heavy atom. The normalized spacial score (nSPS) is 20.5. The van der Waals surface area contributed by atoms with Gasteiger partial charge in [0, 0.05) is 37.2 Å². The number of carbonyl (C=O) groups is 1. The molecule has 3 heterocycles. The highest BCUT2D eigenvalue weighted by Gasteiger charge is 2.41. The summed E-state index contributed by atoms with van der Waals surface area (Å²) >= 11 is 5.86. The smallest absolute Gasteiger partial charge is 0.221 e. The lowest BCUT2D eigenvalue weighted by Crippen LogP contribution is -2.29. The highest BCUT2D eigenvalue weighted by Crippen LogP contribution is 2.43. The number of ether oxygens (including phenoxy) is 1. The van der Waals surface area contributed by atoms with Gasteiger partial charge in [-0.3, -0.25) is 9.78 Å². The van der Waals surface area contributed by atoms with E-state index in [9.17, 15) is 4.79 Å². The van der Waals surface area contributed by atoms with Crippen LogP contribution >= 0.6 is 12.2 Å². The van der Waals surface area contributed by atoms with Crippen LogP contribution in [0, 0.1) is 0 Å². The predicted octanol–water partition coefficient (Wildman–Crippen LogP) is 5.53. The summed E-state index contributed by atoms with van der Waals surface area (Å²) in [6, 6.07) is 14.3. The third-order valence-corrected chi connectivity index (χ3v) is 7.26. The van der Waals surface area contributed by atoms with Crippen molar-refractivity contribution in [2.45, 2.75) is 57.2 Å². The van der Waals surface area contributed by atoms with Crippen molar-refractivity contribution in [1.29, 1.82) is 0 Å². The van der Waals surface area contributed by atoms with Crippen LogP contribution in [0.3, 0.4) is 0 Å². The van der Waals surface area contributed by atoms with Gasteiger partial charge >= 0.3 is 0 Å². The van der Waals surface area contributed by atoms with Crippen LogP contribution in [0.15, 0.2) is 61.1 Å². The Kier molecular flexibility index (Phi) is 6.72. The number of amides is 1. The minimum absolute atomic E-state index is 0.0965. The van der Waals surface area contributed by atoms with Crippen LogP contribution in [-0.4, -0.2) is 27.7 Å². The Morgan fingerprint density at radius 1 is 1.17 bits per heavy atom. The van der Waals surface area contributed by atoms with Crippen LogP contribution in [0.1, 0.15) is 68.4 Å². The highest BCUT2D eigenvalue weighted by atomic mass is 32.1. The van der Waals surface area contributed by atoms with Crippen molar-refractivity contribution in [3.05, 3.63) is 72.3 Å². The summed E-state index contributed by atoms with van der Waals surface area (Å²) in [6.07, 6.45) is 12.6. The zero-order valence-electron chi connectivity index (χ0n) is 20.1. The standard InChI is InChI=1S/C27H31N5O2S/c1-18(33)29-23-16-21(11-12-24(23)34-2)32-26(25(30-27(32)35)22-10-6-7-14-28-22)19-13-15-31(17-19)20-8-4-3-5-9-20/h6-7,10-17,20,25-26H,3-5,8-9H2,1-2H3,(H,29,33)(H,30,35)/t25-,26-/m0/s1. The van der Waals surface area contributed by atoms with Crippen molar-refractivity contribution in [3.63, 3.8) is 0 Å². The van der Waals surface area contributed by atoms with Crippen LogP contribution in [0.4, 0.5) is 11.4 Å². The number of aromatic nitrogens is 2. The molecule has 7 nitrogen and oxygen atoms in total. The van der Waals surface area contributed by atoms with E-state index in [4.69, 9.17) is 17.0 Å². The molecule has 3 aromatic rings. The average molecular weight is 490 g/mol. The van der Waals surface area contributed by atoms with Gasteiger partial charge in [0.25, 0.3) is 0 Å². The number of nitrogens with one attached hydrogen (secondary N) is 2. The average Bonchev–Trinajstić information content (AvgIpc) is 3.49. The quantitative estimate of drug-likeness (QED) is 0.444. The Hall–Kier alpha value is -3.39. The van der Waals surface area contributed by atoms with Gasteiger partial charge in [0.05, 0.1) is 30.6 Å². The van der Waals surface area contributed by atoms with E-state index in [2.05, 4.69) is 43.5 Å². The first-order chi connectivity index (χ1) is 17.0. The van der Waals surface area contributed by atoms with Crippen molar-refractivity contribution in [2.75, 3.05) is 17.3 Å². The lowest BCUT2D eigenvalue weighted by Gasteiger charge is -2.28. The number of methoxy groups -OCH3 is 1. The number of hydrogen-bond acceptors (Lipinski definition) is 4. The molecule has 182 valence electrons. The highest BCUT2D eigenvalue weighted by molar-refractivity contribution is 7.80. The van der Waals surface area contributed by atoms with Gasteiger partial charge in [-0.1, -0.05) is 25.3 Å². The molecule has 2 atom stereocenters. The summed E-state index contributed by atoms with van der Waals surface area (Å²) in [5.74, 6) is 0.443. The maximum Gasteiger partial charge on any atom is 0.221 e. The number of hydrogen-bond donors (Lipinski definition) is 2. The van der Waals surface area contributed by atoms with Crippen LogP contribution in [-0.2, 0) is 4.79 Å². The fourth-order valence-electron chi connectivity index (χ4n) is 5.32. The fraction of sp³-hybridized carbons (Fsp3) is 0.370. The number of rotatable bonds is 6. The third-order valence-electron chi connectivity index (χ3n) is 6.95. The van der Waals surface area contributed by atoms with Gasteiger partial charge in [-0.15, -0.1) is 0 Å². The van der Waals surface area contributed by atoms with E-state index in [1.807, 2.05) is 42.6 Å². The lowest BCUT2D eigenvalue weighted by atomic mass is 9.95. The van der Waals surface area contributed by atoms with E-state index < -0.39 is 0 Å². The molecule has 1 aromatic carbocycles. The second-order valence-electron chi connectivity index (χ2n) is 9.25. The molecule has 2 aliphatic rings. The second-order valence-corrected chi connectivity index (χ2v) is 9.63. The van der Waals surface area contributed by atoms with Gasteiger partial charge in [-0.2, -0.15) is 0 Å². The van der Waals surface area contributed by atoms with E-state index in [0.29, 0.717) is 22.6 Å². The van der Waals surface area contributed by atoms with Gasteiger partial charge in [-0.25, -0.2) is 0 Å². The maximum absolute atomic E-state index is 11.8. The topological polar surface area (TPSA) is 71.4 Å². The zero-order chi connectivity index (χ0) is 24.4. The maximum atomic E-state index is 11.8. The van der Waals surface area contributed by atoms with E-state index in [0.717, 1.165) is 11.4 Å². The first-order valence-electron chi connectivity index (χ1n) is 12.2. The Labute approximate surface area is 211 Å². The minimum atomic E-state index is -0.157. The molecule has 8 heteroatoms. The largest absolute Gasteiger partial charge is 0.495 e. The van der Waals surface area contributed by atoms with Crippen molar-refractivity contribution in [3.8, 4) is 5.75 Å². The Bertz CT molecular complexity index is 1210. The van der Waals surface area contributed by atoms with Crippen molar-refractivity contribution < 1.29 is 9.53 Å². The molecule has 1 aliphatic carbocycles. The van der Waals surface area contributed by atoms with Crippen molar-refractivity contribution in [2.24, 2.45) is 0 Å². The molecule has 0 radical (unpaired) electrons. The van der Waals surface area contributed by atoms with Crippen LogP contribution in [0.25, 0.3) is 0 Å². The summed E-state index contributed by atoms with van der Waals surface area (Å²) in [5.41, 5.74) is 3.60. The van der Waals surface area contributed by atoms with E-state index in [1.165, 1.54) is 44.6 Å². The summed E-state index contributed by atoms with van der Waals surface area (Å²) in [7, 11) is 1.59. The number of thiocarbonyl (C=S) groups is 1. The third kappa shape index (κ3) is 4.75. The minimum Gasteiger partial charge on any atom is -0.495 e. The Balaban J connectivity index is 1.56. The molecule has 0 bridgehead atoms. The molecule has 0 unspecified atom stereocenters. The number of benzene rings is 1. The van der Waals surface area contributed by atoms with Crippen LogP contribution in [0.5, 0.6) is 5.75 Å². The van der Waals surface area contributed by atoms with E-state index in [-0.39, 0.29) is 18.0 Å². The molecule has 2 fully saturated rings. The van der Waals surface area contributed by atoms with Gasteiger partial charge in [0.1, 0.15) is 5.75 Å². The molecule has 35 heavy (non-hydrogen) atoms. The summed E-state index contributed by atoms with van der Waals surface area (Å²) in [4.78, 5) is 18.6. The van der Waals surface area contributed by atoms with Gasteiger partial charge < -0.3 is 24.8 Å². The van der Waals surface area contributed by atoms with Crippen molar-refractivity contribution in [1.82, 2.24) is 14.9 Å². The lowest BCUT2D eigenvalue weighted by molar-refractivity contribution is -0.114. The first kappa shape index (κ1) is 23.4. The summed E-state index contributed by atoms with van der Waals surface area (Å²) in [5, 5.41) is 7.01. The number of anilines is 2. The molecule has 1 amide bonds. The van der Waals surface area contributed by atoms with Crippen LogP contribution < -0.4 is 20.3 Å². The first-order valence-corrected chi connectivity index (χ1v) is 12.6. The molecule has 0 spiro atoms. The molecular weight excluding hydrogens is 458 g/mol. The number of carbonyl (C=O) groups excluding carboxylic acids is 1. The molecule has 1 aliphatic heterocycles. The molecule has 5 rings (SSSR count). The molecule has 1 saturated heterocycles. The van der Waals surface area contributed by atoms with Gasteiger partial charge in [-0.05, 0) is 67.0 Å².